The van der Waals surface area contributed by atoms with E-state index in [1.54, 1.807) is 6.07 Å². The van der Waals surface area contributed by atoms with E-state index in [0.717, 1.165) is 12.1 Å². The number of hydrogen-bond donors (Lipinski definition) is 2. The van der Waals surface area contributed by atoms with Crippen LogP contribution in [-0.4, -0.2) is 25.0 Å². The second kappa shape index (κ2) is 7.48. The predicted molar refractivity (Wildman–Crippen MR) is 90.6 cm³/mol. The lowest BCUT2D eigenvalue weighted by Crippen LogP contribution is -2.52. The molecule has 1 heterocycles. The van der Waals surface area contributed by atoms with Crippen LogP contribution in [0, 0.1) is 12.3 Å². The summed E-state index contributed by atoms with van der Waals surface area (Å²) in [6, 6.07) is 5.84. The van der Waals surface area contributed by atoms with Crippen molar-refractivity contribution in [3.8, 4) is 0 Å². The van der Waals surface area contributed by atoms with Gasteiger partial charge in [-0.3, -0.25) is 4.79 Å². The largest absolute Gasteiger partial charge is 0.350 e. The number of aryl methyl sites for hydroxylation is 1. The van der Waals surface area contributed by atoms with Crippen LogP contribution in [0.4, 0.5) is 0 Å². The lowest BCUT2D eigenvalue weighted by atomic mass is 9.77. The average molecular weight is 331 g/mol. The fourth-order valence-electron chi connectivity index (χ4n) is 2.73. The number of carbonyl (C=O) groups excluding carboxylic acids is 1. The van der Waals surface area contributed by atoms with Crippen LogP contribution in [-0.2, 0) is 0 Å². The van der Waals surface area contributed by atoms with Gasteiger partial charge in [-0.1, -0.05) is 37.6 Å². The van der Waals surface area contributed by atoms with Crippen molar-refractivity contribution in [1.29, 1.82) is 0 Å². The van der Waals surface area contributed by atoms with Crippen LogP contribution in [0.15, 0.2) is 18.2 Å². The zero-order valence-electron chi connectivity index (χ0n) is 12.8. The number of hydrogen-bond acceptors (Lipinski definition) is 2. The highest BCUT2D eigenvalue weighted by Crippen LogP contribution is 2.29. The van der Waals surface area contributed by atoms with Crippen molar-refractivity contribution in [1.82, 2.24) is 10.6 Å². The van der Waals surface area contributed by atoms with Crippen LogP contribution >= 0.6 is 24.0 Å². The Kier molecular flexibility index (Phi) is 6.51. The third-order valence-electron chi connectivity index (χ3n) is 4.24. The maximum atomic E-state index is 12.2. The van der Waals surface area contributed by atoms with Gasteiger partial charge in [-0.05, 0) is 43.4 Å². The summed E-state index contributed by atoms with van der Waals surface area (Å²) in [4.78, 5) is 12.2. The number of benzene rings is 1. The lowest BCUT2D eigenvalue weighted by Gasteiger charge is -2.39. The molecule has 0 spiro atoms. The third kappa shape index (κ3) is 4.35. The Labute approximate surface area is 138 Å². The first kappa shape index (κ1) is 18.3. The number of carbonyl (C=O) groups is 1. The van der Waals surface area contributed by atoms with E-state index in [-0.39, 0.29) is 23.7 Å². The first-order valence-electron chi connectivity index (χ1n) is 7.18. The molecule has 1 saturated heterocycles. The molecule has 1 amide bonds. The standard InChI is InChI=1S/C16H23ClN2O.ClH/c1-11-6-4-7-12(14(11)17)15(20)19-10-13-16(2,3)8-5-9-18-13;/h4,6-7,13,18H,5,8-10H2,1-3H3,(H,19,20);1H. The van der Waals surface area contributed by atoms with Crippen LogP contribution in [0.5, 0.6) is 0 Å². The van der Waals surface area contributed by atoms with Crippen LogP contribution in [0.25, 0.3) is 0 Å². The Bertz CT molecular complexity index is 503. The van der Waals surface area contributed by atoms with Crippen molar-refractivity contribution in [3.05, 3.63) is 34.3 Å². The second-order valence-electron chi connectivity index (χ2n) is 6.25. The van der Waals surface area contributed by atoms with E-state index in [0.29, 0.717) is 23.2 Å². The maximum absolute atomic E-state index is 12.2. The summed E-state index contributed by atoms with van der Waals surface area (Å²) < 4.78 is 0. The lowest BCUT2D eigenvalue weighted by molar-refractivity contribution is 0.0929. The molecule has 21 heavy (non-hydrogen) atoms. The van der Waals surface area contributed by atoms with Gasteiger partial charge < -0.3 is 10.6 Å². The normalized spacial score (nSPS) is 20.5. The SMILES string of the molecule is Cc1cccc(C(=O)NCC2NCCCC2(C)C)c1Cl.Cl. The van der Waals surface area contributed by atoms with Crippen molar-refractivity contribution < 1.29 is 4.79 Å². The first-order chi connectivity index (χ1) is 9.42. The molecule has 1 aromatic rings. The van der Waals surface area contributed by atoms with Gasteiger partial charge in [-0.25, -0.2) is 0 Å². The van der Waals surface area contributed by atoms with Crippen LogP contribution in [0.3, 0.4) is 0 Å². The smallest absolute Gasteiger partial charge is 0.252 e. The number of nitrogens with one attached hydrogen (secondary N) is 2. The Balaban J connectivity index is 0.00000220. The van der Waals surface area contributed by atoms with Gasteiger partial charge in [0.15, 0.2) is 0 Å². The zero-order chi connectivity index (χ0) is 14.8. The Hall–Kier alpha value is -0.770. The van der Waals surface area contributed by atoms with Crippen molar-refractivity contribution in [3.63, 3.8) is 0 Å². The molecule has 2 N–H and O–H groups in total. The van der Waals surface area contributed by atoms with E-state index in [4.69, 9.17) is 11.6 Å². The van der Waals surface area contributed by atoms with E-state index in [1.807, 2.05) is 19.1 Å². The molecule has 0 bridgehead atoms. The Morgan fingerprint density at radius 2 is 2.19 bits per heavy atom. The molecular formula is C16H24Cl2N2O. The fraction of sp³-hybridized carbons (Fsp3) is 0.562. The molecule has 0 aliphatic carbocycles. The first-order valence-corrected chi connectivity index (χ1v) is 7.56. The van der Waals surface area contributed by atoms with Gasteiger partial charge in [0, 0.05) is 12.6 Å². The van der Waals surface area contributed by atoms with Gasteiger partial charge in [-0.2, -0.15) is 0 Å². The van der Waals surface area contributed by atoms with Crippen molar-refractivity contribution >= 4 is 29.9 Å². The molecule has 5 heteroatoms. The van der Waals surface area contributed by atoms with Crippen LogP contribution in [0.2, 0.25) is 5.02 Å². The monoisotopic (exact) mass is 330 g/mol. The summed E-state index contributed by atoms with van der Waals surface area (Å²) in [6.45, 7) is 8.06. The topological polar surface area (TPSA) is 41.1 Å². The molecule has 1 aromatic carbocycles. The van der Waals surface area contributed by atoms with Crippen molar-refractivity contribution in [2.45, 2.75) is 39.7 Å². The molecule has 1 fully saturated rings. The average Bonchev–Trinajstić information content (AvgIpc) is 2.40. The number of rotatable bonds is 3. The minimum Gasteiger partial charge on any atom is -0.350 e. The van der Waals surface area contributed by atoms with E-state index >= 15 is 0 Å². The Morgan fingerprint density at radius 1 is 1.48 bits per heavy atom. The zero-order valence-corrected chi connectivity index (χ0v) is 14.4. The predicted octanol–water partition coefficient (Wildman–Crippen LogP) is 3.58. The fourth-order valence-corrected chi connectivity index (χ4v) is 2.94. The summed E-state index contributed by atoms with van der Waals surface area (Å²) in [5.74, 6) is -0.0955. The highest BCUT2D eigenvalue weighted by Gasteiger charge is 2.32. The molecule has 0 radical (unpaired) electrons. The summed E-state index contributed by atoms with van der Waals surface area (Å²) >= 11 is 6.19. The van der Waals surface area contributed by atoms with Crippen LogP contribution < -0.4 is 10.6 Å². The second-order valence-corrected chi connectivity index (χ2v) is 6.62. The highest BCUT2D eigenvalue weighted by molar-refractivity contribution is 6.34. The Morgan fingerprint density at radius 3 is 2.86 bits per heavy atom. The highest BCUT2D eigenvalue weighted by atomic mass is 35.5. The number of halogens is 2. The van der Waals surface area contributed by atoms with Gasteiger partial charge in [0.1, 0.15) is 0 Å². The molecule has 1 atom stereocenters. The van der Waals surface area contributed by atoms with Gasteiger partial charge in [-0.15, -0.1) is 12.4 Å². The summed E-state index contributed by atoms with van der Waals surface area (Å²) in [7, 11) is 0. The van der Waals surface area contributed by atoms with E-state index in [2.05, 4.69) is 24.5 Å². The maximum Gasteiger partial charge on any atom is 0.252 e. The molecule has 2 rings (SSSR count). The minimum absolute atomic E-state index is 0. The molecule has 1 aliphatic rings. The van der Waals surface area contributed by atoms with E-state index < -0.39 is 0 Å². The van der Waals surface area contributed by atoms with Crippen LogP contribution in [0.1, 0.15) is 42.6 Å². The molecule has 118 valence electrons. The molecule has 1 aliphatic heterocycles. The van der Waals surface area contributed by atoms with E-state index in [1.165, 1.54) is 12.8 Å². The molecule has 3 nitrogen and oxygen atoms in total. The molecular weight excluding hydrogens is 307 g/mol. The van der Waals surface area contributed by atoms with Crippen molar-refractivity contribution in [2.75, 3.05) is 13.1 Å². The number of piperidine rings is 1. The summed E-state index contributed by atoms with van der Waals surface area (Å²) in [5, 5.41) is 7.04. The third-order valence-corrected chi connectivity index (χ3v) is 4.74. The molecule has 1 unspecified atom stereocenters. The molecule has 0 saturated carbocycles. The van der Waals surface area contributed by atoms with Gasteiger partial charge in [0.25, 0.3) is 5.91 Å². The van der Waals surface area contributed by atoms with E-state index in [9.17, 15) is 4.79 Å². The van der Waals surface area contributed by atoms with Gasteiger partial charge >= 0.3 is 0 Å². The minimum atomic E-state index is -0.0955. The summed E-state index contributed by atoms with van der Waals surface area (Å²) in [5.41, 5.74) is 1.69. The van der Waals surface area contributed by atoms with Gasteiger partial charge in [0.05, 0.1) is 10.6 Å². The van der Waals surface area contributed by atoms with Crippen molar-refractivity contribution in [2.24, 2.45) is 5.41 Å². The van der Waals surface area contributed by atoms with Gasteiger partial charge in [0.2, 0.25) is 0 Å². The number of amides is 1. The quantitative estimate of drug-likeness (QED) is 0.889. The molecule has 0 aromatic heterocycles. The summed E-state index contributed by atoms with van der Waals surface area (Å²) in [6.07, 6.45) is 2.38.